The van der Waals surface area contributed by atoms with Crippen LogP contribution in [0, 0.1) is 0 Å². The van der Waals surface area contributed by atoms with Crippen LogP contribution in [-0.2, 0) is 6.42 Å². The first-order chi connectivity index (χ1) is 12.4. The van der Waals surface area contributed by atoms with Crippen molar-refractivity contribution in [3.05, 3.63) is 78.4 Å². The van der Waals surface area contributed by atoms with Crippen molar-refractivity contribution < 1.29 is 0 Å². The first-order valence-electron chi connectivity index (χ1n) is 8.46. The summed E-state index contributed by atoms with van der Waals surface area (Å²) >= 11 is 0. The molecule has 0 spiro atoms. The van der Waals surface area contributed by atoms with Crippen molar-refractivity contribution >= 4 is 11.5 Å². The number of aromatic nitrogens is 4. The van der Waals surface area contributed by atoms with E-state index >= 15 is 0 Å². The maximum Gasteiger partial charge on any atom is 0.185 e. The fourth-order valence-corrected chi connectivity index (χ4v) is 2.80. The quantitative estimate of drug-likeness (QED) is 0.546. The normalized spacial score (nSPS) is 10.9. The molecule has 0 aliphatic carbocycles. The predicted octanol–water partition coefficient (Wildman–Crippen LogP) is 3.84. The number of anilines is 1. The van der Waals surface area contributed by atoms with Crippen molar-refractivity contribution in [1.82, 2.24) is 19.8 Å². The second-order valence-electron chi connectivity index (χ2n) is 5.89. The van der Waals surface area contributed by atoms with Crippen molar-refractivity contribution in [2.24, 2.45) is 0 Å². The SMILES string of the molecule is c1ccc(CCCNc2ccc3nnc(-c4ccccc4)n3n2)cc1. The van der Waals surface area contributed by atoms with Gasteiger partial charge in [0.2, 0.25) is 0 Å². The lowest BCUT2D eigenvalue weighted by Gasteiger charge is -2.06. The lowest BCUT2D eigenvalue weighted by Crippen LogP contribution is -2.07. The van der Waals surface area contributed by atoms with Gasteiger partial charge in [-0.1, -0.05) is 60.7 Å². The van der Waals surface area contributed by atoms with Crippen molar-refractivity contribution in [2.75, 3.05) is 11.9 Å². The Morgan fingerprint density at radius 3 is 2.36 bits per heavy atom. The zero-order valence-corrected chi connectivity index (χ0v) is 13.8. The third kappa shape index (κ3) is 3.50. The van der Waals surface area contributed by atoms with Crippen LogP contribution >= 0.6 is 0 Å². The van der Waals surface area contributed by atoms with Gasteiger partial charge in [0, 0.05) is 12.1 Å². The van der Waals surface area contributed by atoms with E-state index < -0.39 is 0 Å². The fourth-order valence-electron chi connectivity index (χ4n) is 2.80. The van der Waals surface area contributed by atoms with Crippen LogP contribution in [0.15, 0.2) is 72.8 Å². The van der Waals surface area contributed by atoms with Gasteiger partial charge in [-0.15, -0.1) is 15.3 Å². The van der Waals surface area contributed by atoms with Crippen molar-refractivity contribution in [1.29, 1.82) is 0 Å². The van der Waals surface area contributed by atoms with Gasteiger partial charge in [-0.3, -0.25) is 0 Å². The molecule has 0 aliphatic heterocycles. The lowest BCUT2D eigenvalue weighted by atomic mass is 10.1. The van der Waals surface area contributed by atoms with Gasteiger partial charge < -0.3 is 5.32 Å². The zero-order valence-electron chi connectivity index (χ0n) is 13.8. The van der Waals surface area contributed by atoms with Crippen molar-refractivity contribution in [2.45, 2.75) is 12.8 Å². The van der Waals surface area contributed by atoms with Crippen LogP contribution in [0.5, 0.6) is 0 Å². The molecule has 2 aromatic heterocycles. The second-order valence-corrected chi connectivity index (χ2v) is 5.89. The third-order valence-corrected chi connectivity index (χ3v) is 4.09. The minimum absolute atomic E-state index is 0.744. The van der Waals surface area contributed by atoms with Gasteiger partial charge in [0.15, 0.2) is 11.5 Å². The van der Waals surface area contributed by atoms with Crippen molar-refractivity contribution in [3.8, 4) is 11.4 Å². The monoisotopic (exact) mass is 329 g/mol. The van der Waals surface area contributed by atoms with Gasteiger partial charge in [-0.2, -0.15) is 4.52 Å². The van der Waals surface area contributed by atoms with E-state index in [2.05, 4.69) is 44.9 Å². The molecular formula is C20H19N5. The van der Waals surface area contributed by atoms with E-state index in [0.29, 0.717) is 0 Å². The summed E-state index contributed by atoms with van der Waals surface area (Å²) in [5.41, 5.74) is 3.11. The molecule has 0 radical (unpaired) electrons. The van der Waals surface area contributed by atoms with E-state index in [1.165, 1.54) is 5.56 Å². The van der Waals surface area contributed by atoms with Gasteiger partial charge in [0.1, 0.15) is 5.82 Å². The van der Waals surface area contributed by atoms with E-state index in [0.717, 1.165) is 42.2 Å². The number of hydrogen-bond acceptors (Lipinski definition) is 4. The third-order valence-electron chi connectivity index (χ3n) is 4.09. The largest absolute Gasteiger partial charge is 0.369 e. The van der Waals surface area contributed by atoms with Crippen LogP contribution in [0.1, 0.15) is 12.0 Å². The summed E-state index contributed by atoms with van der Waals surface area (Å²) in [6, 6.07) is 24.4. The van der Waals surface area contributed by atoms with Gasteiger partial charge in [-0.25, -0.2) is 0 Å². The van der Waals surface area contributed by atoms with Gasteiger partial charge in [0.25, 0.3) is 0 Å². The fraction of sp³-hybridized carbons (Fsp3) is 0.150. The molecule has 0 saturated heterocycles. The molecule has 2 aromatic carbocycles. The molecule has 5 nitrogen and oxygen atoms in total. The number of aryl methyl sites for hydroxylation is 1. The number of nitrogens with one attached hydrogen (secondary N) is 1. The number of nitrogens with zero attached hydrogens (tertiary/aromatic N) is 4. The highest BCUT2D eigenvalue weighted by Crippen LogP contribution is 2.17. The molecule has 0 saturated carbocycles. The standard InChI is InChI=1S/C20H19N5/c1-3-8-16(9-4-1)10-7-15-21-18-13-14-19-22-23-20(25(19)24-18)17-11-5-2-6-12-17/h1-6,8-9,11-14H,7,10,15H2,(H,21,24). The Labute approximate surface area is 146 Å². The molecule has 124 valence electrons. The highest BCUT2D eigenvalue weighted by atomic mass is 15.4. The summed E-state index contributed by atoms with van der Waals surface area (Å²) in [4.78, 5) is 0. The van der Waals surface area contributed by atoms with Gasteiger partial charge in [-0.05, 0) is 30.5 Å². The molecular weight excluding hydrogens is 310 g/mol. The van der Waals surface area contributed by atoms with Crippen LogP contribution < -0.4 is 5.32 Å². The maximum absolute atomic E-state index is 4.64. The molecule has 4 aromatic rings. The van der Waals surface area contributed by atoms with Crippen molar-refractivity contribution in [3.63, 3.8) is 0 Å². The van der Waals surface area contributed by atoms with Crippen LogP contribution in [0.25, 0.3) is 17.0 Å². The minimum atomic E-state index is 0.744. The Hall–Kier alpha value is -3.21. The number of rotatable bonds is 6. The summed E-state index contributed by atoms with van der Waals surface area (Å²) in [6.07, 6.45) is 2.11. The number of benzene rings is 2. The topological polar surface area (TPSA) is 55.1 Å². The van der Waals surface area contributed by atoms with E-state index in [1.807, 2.05) is 48.5 Å². The Balaban J connectivity index is 1.46. The molecule has 1 N–H and O–H groups in total. The first kappa shape index (κ1) is 15.3. The summed E-state index contributed by atoms with van der Waals surface area (Å²) < 4.78 is 1.79. The number of hydrogen-bond donors (Lipinski definition) is 1. The van der Waals surface area contributed by atoms with E-state index in [4.69, 9.17) is 0 Å². The lowest BCUT2D eigenvalue weighted by molar-refractivity contribution is 0.846. The first-order valence-corrected chi connectivity index (χ1v) is 8.46. The predicted molar refractivity (Wildman–Crippen MR) is 99.5 cm³/mol. The zero-order chi connectivity index (χ0) is 16.9. The van der Waals surface area contributed by atoms with E-state index in [9.17, 15) is 0 Å². The van der Waals surface area contributed by atoms with Gasteiger partial charge in [0.05, 0.1) is 0 Å². The molecule has 0 atom stereocenters. The molecule has 4 rings (SSSR count). The number of fused-ring (bicyclic) bond motifs is 1. The molecule has 0 fully saturated rings. The highest BCUT2D eigenvalue weighted by molar-refractivity contribution is 5.59. The molecule has 0 amide bonds. The summed E-state index contributed by atoms with van der Waals surface area (Å²) in [5, 5.41) is 16.5. The molecule has 2 heterocycles. The van der Waals surface area contributed by atoms with E-state index in [-0.39, 0.29) is 0 Å². The van der Waals surface area contributed by atoms with Crippen LogP contribution in [0.3, 0.4) is 0 Å². The Kier molecular flexibility index (Phi) is 4.37. The summed E-state index contributed by atoms with van der Waals surface area (Å²) in [6.45, 7) is 0.871. The Morgan fingerprint density at radius 1 is 0.800 bits per heavy atom. The average Bonchev–Trinajstić information content (AvgIpc) is 3.10. The molecule has 25 heavy (non-hydrogen) atoms. The molecule has 5 heteroatoms. The summed E-state index contributed by atoms with van der Waals surface area (Å²) in [7, 11) is 0. The minimum Gasteiger partial charge on any atom is -0.369 e. The van der Waals surface area contributed by atoms with E-state index in [1.54, 1.807) is 4.52 Å². The average molecular weight is 329 g/mol. The smallest absolute Gasteiger partial charge is 0.185 e. The summed E-state index contributed by atoms with van der Waals surface area (Å²) in [5.74, 6) is 1.58. The highest BCUT2D eigenvalue weighted by Gasteiger charge is 2.09. The maximum atomic E-state index is 4.64. The second kappa shape index (κ2) is 7.13. The molecule has 0 aliphatic rings. The van der Waals surface area contributed by atoms with Gasteiger partial charge >= 0.3 is 0 Å². The Morgan fingerprint density at radius 2 is 1.56 bits per heavy atom. The molecule has 0 bridgehead atoms. The van der Waals surface area contributed by atoms with Crippen LogP contribution in [-0.4, -0.2) is 26.4 Å². The van der Waals surface area contributed by atoms with Crippen LogP contribution in [0.2, 0.25) is 0 Å². The molecule has 0 unspecified atom stereocenters. The van der Waals surface area contributed by atoms with Crippen LogP contribution in [0.4, 0.5) is 5.82 Å². The Bertz CT molecular complexity index is 948.